The number of benzene rings is 1. The molecule has 1 aromatic carbocycles. The Morgan fingerprint density at radius 3 is 2.64 bits per heavy atom. The van der Waals surface area contributed by atoms with Crippen LogP contribution in [0.4, 0.5) is 0 Å². The summed E-state index contributed by atoms with van der Waals surface area (Å²) in [6.07, 6.45) is 3.85. The van der Waals surface area contributed by atoms with Crippen molar-refractivity contribution in [2.24, 2.45) is 5.41 Å². The molecule has 3 nitrogen and oxygen atoms in total. The molecule has 0 unspecified atom stereocenters. The maximum absolute atomic E-state index is 13.1. The molecule has 0 spiro atoms. The van der Waals surface area contributed by atoms with Crippen LogP contribution in [0.25, 0.3) is 10.9 Å². The Bertz CT molecular complexity index is 645. The Labute approximate surface area is 137 Å². The van der Waals surface area contributed by atoms with Gasteiger partial charge in [-0.25, -0.2) is 4.98 Å². The first-order valence-electron chi connectivity index (χ1n) is 7.86. The molecule has 2 aromatic rings. The highest BCUT2D eigenvalue weighted by Gasteiger charge is 2.39. The molecule has 1 aliphatic heterocycles. The summed E-state index contributed by atoms with van der Waals surface area (Å²) >= 11 is 0. The van der Waals surface area contributed by atoms with Gasteiger partial charge in [-0.3, -0.25) is 4.79 Å². The third kappa shape index (κ3) is 3.16. The Balaban J connectivity index is 0.00000176. The summed E-state index contributed by atoms with van der Waals surface area (Å²) in [4.78, 5) is 17.7. The number of halogens is 1. The van der Waals surface area contributed by atoms with Gasteiger partial charge in [-0.05, 0) is 44.5 Å². The van der Waals surface area contributed by atoms with Crippen LogP contribution < -0.4 is 5.32 Å². The molecular weight excluding hydrogens is 296 g/mol. The number of fused-ring (bicyclic) bond motifs is 1. The van der Waals surface area contributed by atoms with Gasteiger partial charge in [-0.1, -0.05) is 37.6 Å². The van der Waals surface area contributed by atoms with E-state index in [0.29, 0.717) is 5.69 Å². The Morgan fingerprint density at radius 2 is 1.91 bits per heavy atom. The number of piperidine rings is 1. The number of carbonyl (C=O) groups excluding carboxylic acids is 1. The van der Waals surface area contributed by atoms with Crippen molar-refractivity contribution in [1.29, 1.82) is 0 Å². The predicted molar refractivity (Wildman–Crippen MR) is 92.8 cm³/mol. The van der Waals surface area contributed by atoms with E-state index >= 15 is 0 Å². The number of hydrogen-bond acceptors (Lipinski definition) is 3. The SMILES string of the molecule is CCCC1(C(=O)c2ccc3ccccc3n2)CCNCC1.Cl. The summed E-state index contributed by atoms with van der Waals surface area (Å²) in [6.45, 7) is 4.02. The first-order valence-corrected chi connectivity index (χ1v) is 7.86. The molecule has 1 aliphatic rings. The fourth-order valence-corrected chi connectivity index (χ4v) is 3.44. The summed E-state index contributed by atoms with van der Waals surface area (Å²) in [5.74, 6) is 0.233. The molecule has 0 aliphatic carbocycles. The lowest BCUT2D eigenvalue weighted by molar-refractivity contribution is 0.0699. The first-order chi connectivity index (χ1) is 10.2. The van der Waals surface area contributed by atoms with Gasteiger partial charge in [0, 0.05) is 10.8 Å². The molecule has 1 fully saturated rings. The van der Waals surface area contributed by atoms with E-state index in [1.165, 1.54) is 0 Å². The van der Waals surface area contributed by atoms with Gasteiger partial charge in [-0.2, -0.15) is 0 Å². The number of pyridine rings is 1. The summed E-state index contributed by atoms with van der Waals surface area (Å²) < 4.78 is 0. The van der Waals surface area contributed by atoms with Gasteiger partial charge in [0.05, 0.1) is 5.52 Å². The lowest BCUT2D eigenvalue weighted by atomic mass is 9.71. The average molecular weight is 319 g/mol. The van der Waals surface area contributed by atoms with Crippen LogP contribution in [-0.4, -0.2) is 23.9 Å². The molecular formula is C18H23ClN2O. The van der Waals surface area contributed by atoms with Crippen LogP contribution in [0.15, 0.2) is 36.4 Å². The minimum atomic E-state index is -0.213. The van der Waals surface area contributed by atoms with Crippen molar-refractivity contribution in [3.63, 3.8) is 0 Å². The van der Waals surface area contributed by atoms with E-state index in [1.807, 2.05) is 36.4 Å². The van der Waals surface area contributed by atoms with Gasteiger partial charge in [0.15, 0.2) is 5.78 Å². The number of ketones is 1. The monoisotopic (exact) mass is 318 g/mol. The van der Waals surface area contributed by atoms with Crippen molar-refractivity contribution in [2.75, 3.05) is 13.1 Å². The van der Waals surface area contributed by atoms with E-state index in [9.17, 15) is 4.79 Å². The minimum absolute atomic E-state index is 0. The zero-order chi connectivity index (χ0) is 14.7. The molecule has 2 heterocycles. The van der Waals surface area contributed by atoms with Crippen molar-refractivity contribution < 1.29 is 4.79 Å². The molecule has 118 valence electrons. The van der Waals surface area contributed by atoms with E-state index in [-0.39, 0.29) is 23.6 Å². The number of hydrogen-bond donors (Lipinski definition) is 1. The largest absolute Gasteiger partial charge is 0.317 e. The van der Waals surface area contributed by atoms with Gasteiger partial charge in [0.2, 0.25) is 0 Å². The fraction of sp³-hybridized carbons (Fsp3) is 0.444. The van der Waals surface area contributed by atoms with Crippen molar-refractivity contribution >= 4 is 29.1 Å². The molecule has 1 aromatic heterocycles. The number of aromatic nitrogens is 1. The highest BCUT2D eigenvalue weighted by atomic mass is 35.5. The standard InChI is InChI=1S/C18H22N2O.ClH/c1-2-9-18(10-12-19-13-11-18)17(21)16-8-7-14-5-3-4-6-15(14)20-16;/h3-8,19H,2,9-13H2,1H3;1H. The number of para-hydroxylation sites is 1. The Hall–Kier alpha value is -1.45. The maximum atomic E-state index is 13.1. The van der Waals surface area contributed by atoms with E-state index in [4.69, 9.17) is 0 Å². The predicted octanol–water partition coefficient (Wildman–Crippen LogP) is 4.01. The molecule has 0 radical (unpaired) electrons. The van der Waals surface area contributed by atoms with Crippen LogP contribution in [-0.2, 0) is 0 Å². The molecule has 0 amide bonds. The number of rotatable bonds is 4. The van der Waals surface area contributed by atoms with Crippen molar-refractivity contribution in [1.82, 2.24) is 10.3 Å². The topological polar surface area (TPSA) is 42.0 Å². The molecule has 3 rings (SSSR count). The van der Waals surface area contributed by atoms with Gasteiger partial charge in [-0.15, -0.1) is 12.4 Å². The summed E-state index contributed by atoms with van der Waals surface area (Å²) in [7, 11) is 0. The lowest BCUT2D eigenvalue weighted by Crippen LogP contribution is -2.42. The van der Waals surface area contributed by atoms with Gasteiger partial charge in [0.25, 0.3) is 0 Å². The van der Waals surface area contributed by atoms with E-state index in [1.54, 1.807) is 0 Å². The molecule has 0 saturated carbocycles. The second-order valence-corrected chi connectivity index (χ2v) is 6.00. The van der Waals surface area contributed by atoms with Crippen molar-refractivity contribution in [2.45, 2.75) is 32.6 Å². The highest BCUT2D eigenvalue weighted by Crippen LogP contribution is 2.37. The zero-order valence-corrected chi connectivity index (χ0v) is 13.8. The van der Waals surface area contributed by atoms with Crippen LogP contribution in [0.2, 0.25) is 0 Å². The number of Topliss-reactive ketones (excluding diaryl/α,β-unsaturated/α-hetero) is 1. The molecule has 0 atom stereocenters. The maximum Gasteiger partial charge on any atom is 0.187 e. The fourth-order valence-electron chi connectivity index (χ4n) is 3.44. The molecule has 0 bridgehead atoms. The van der Waals surface area contributed by atoms with Crippen LogP contribution >= 0.6 is 12.4 Å². The van der Waals surface area contributed by atoms with Crippen molar-refractivity contribution in [3.8, 4) is 0 Å². The molecule has 4 heteroatoms. The Kier molecular flexibility index (Phi) is 5.54. The van der Waals surface area contributed by atoms with Crippen LogP contribution in [0.1, 0.15) is 43.1 Å². The van der Waals surface area contributed by atoms with E-state index in [2.05, 4.69) is 17.2 Å². The number of nitrogens with one attached hydrogen (secondary N) is 1. The molecule has 22 heavy (non-hydrogen) atoms. The third-order valence-electron chi connectivity index (χ3n) is 4.60. The van der Waals surface area contributed by atoms with E-state index in [0.717, 1.165) is 49.7 Å². The number of carbonyl (C=O) groups is 1. The van der Waals surface area contributed by atoms with E-state index < -0.39 is 0 Å². The van der Waals surface area contributed by atoms with Crippen LogP contribution in [0.3, 0.4) is 0 Å². The minimum Gasteiger partial charge on any atom is -0.317 e. The Morgan fingerprint density at radius 1 is 1.18 bits per heavy atom. The van der Waals surface area contributed by atoms with Crippen molar-refractivity contribution in [3.05, 3.63) is 42.1 Å². The summed E-state index contributed by atoms with van der Waals surface area (Å²) in [6, 6.07) is 11.9. The van der Waals surface area contributed by atoms with Crippen LogP contribution in [0.5, 0.6) is 0 Å². The summed E-state index contributed by atoms with van der Waals surface area (Å²) in [5.41, 5.74) is 1.32. The second kappa shape index (κ2) is 7.21. The van der Waals surface area contributed by atoms with Gasteiger partial charge >= 0.3 is 0 Å². The van der Waals surface area contributed by atoms with Gasteiger partial charge in [0.1, 0.15) is 5.69 Å². The normalized spacial score (nSPS) is 17.0. The summed E-state index contributed by atoms with van der Waals surface area (Å²) in [5, 5.41) is 4.45. The van der Waals surface area contributed by atoms with Crippen LogP contribution in [0, 0.1) is 5.41 Å². The quantitative estimate of drug-likeness (QED) is 0.866. The lowest BCUT2D eigenvalue weighted by Gasteiger charge is -2.36. The second-order valence-electron chi connectivity index (χ2n) is 6.00. The molecule has 1 saturated heterocycles. The third-order valence-corrected chi connectivity index (χ3v) is 4.60. The molecule has 1 N–H and O–H groups in total. The zero-order valence-electron chi connectivity index (χ0n) is 13.0. The smallest absolute Gasteiger partial charge is 0.187 e. The first kappa shape index (κ1) is 16.9. The number of nitrogens with zero attached hydrogens (tertiary/aromatic N) is 1. The van der Waals surface area contributed by atoms with Gasteiger partial charge < -0.3 is 5.32 Å². The highest BCUT2D eigenvalue weighted by molar-refractivity contribution is 6.00. The average Bonchev–Trinajstić information content (AvgIpc) is 2.55.